The third-order valence-electron chi connectivity index (χ3n) is 2.95. The van der Waals surface area contributed by atoms with E-state index in [1.165, 1.54) is 24.2 Å². The topological polar surface area (TPSA) is 49.3 Å². The summed E-state index contributed by atoms with van der Waals surface area (Å²) in [7, 11) is 0. The molecular weight excluding hydrogens is 326 g/mol. The number of thiophene rings is 1. The van der Waals surface area contributed by atoms with E-state index < -0.39 is 12.0 Å². The van der Waals surface area contributed by atoms with Crippen LogP contribution in [0.5, 0.6) is 0 Å². The van der Waals surface area contributed by atoms with Crippen molar-refractivity contribution in [2.45, 2.75) is 37.8 Å². The monoisotopic (exact) mass is 337 g/mol. The molecule has 2 rings (SSSR count). The molecule has 1 heterocycles. The maximum Gasteiger partial charge on any atom is 0.326 e. The Morgan fingerprint density at radius 3 is 2.71 bits per heavy atom. The smallest absolute Gasteiger partial charge is 0.326 e. The highest BCUT2D eigenvalue weighted by molar-refractivity contribution is 9.10. The van der Waals surface area contributed by atoms with Crippen LogP contribution in [0.4, 0.5) is 0 Å². The zero-order chi connectivity index (χ0) is 12.4. The number of carbonyl (C=O) groups is 1. The van der Waals surface area contributed by atoms with E-state index >= 15 is 0 Å². The third-order valence-corrected chi connectivity index (χ3v) is 5.49. The Morgan fingerprint density at radius 1 is 1.59 bits per heavy atom. The highest BCUT2D eigenvalue weighted by atomic mass is 79.9. The van der Waals surface area contributed by atoms with Crippen LogP contribution < -0.4 is 5.32 Å². The number of aliphatic carboxylic acids is 1. The molecule has 1 atom stereocenters. The highest BCUT2D eigenvalue weighted by Gasteiger charge is 2.27. The Morgan fingerprint density at radius 2 is 2.24 bits per heavy atom. The Hall–Kier alpha value is -0.100. The van der Waals surface area contributed by atoms with E-state index in [9.17, 15) is 9.90 Å². The molecule has 94 valence electrons. The van der Waals surface area contributed by atoms with Crippen molar-refractivity contribution in [1.82, 2.24) is 5.32 Å². The van der Waals surface area contributed by atoms with Crippen molar-refractivity contribution in [2.24, 2.45) is 0 Å². The second-order valence-corrected chi connectivity index (χ2v) is 6.73. The summed E-state index contributed by atoms with van der Waals surface area (Å²) in [4.78, 5) is 12.0. The lowest BCUT2D eigenvalue weighted by Crippen LogP contribution is -2.34. The molecule has 6 heteroatoms. The first kappa shape index (κ1) is 13.3. The van der Waals surface area contributed by atoms with Crippen LogP contribution in [0.15, 0.2) is 10.5 Å². The second kappa shape index (κ2) is 5.69. The van der Waals surface area contributed by atoms with Gasteiger partial charge in [-0.25, -0.2) is 0 Å². The van der Waals surface area contributed by atoms with Gasteiger partial charge >= 0.3 is 5.97 Å². The summed E-state index contributed by atoms with van der Waals surface area (Å²) in [6, 6.07) is 1.45. The summed E-state index contributed by atoms with van der Waals surface area (Å²) in [5.74, 6) is -0.845. The second-order valence-electron chi connectivity index (χ2n) is 4.19. The Bertz CT molecular complexity index is 398. The fraction of sp³-hybridized carbons (Fsp3) is 0.545. The van der Waals surface area contributed by atoms with E-state index in [1.807, 2.05) is 0 Å². The minimum Gasteiger partial charge on any atom is -0.480 e. The van der Waals surface area contributed by atoms with E-state index in [0.717, 1.165) is 22.2 Å². The van der Waals surface area contributed by atoms with Crippen LogP contribution in [0, 0.1) is 0 Å². The van der Waals surface area contributed by atoms with Crippen molar-refractivity contribution in [3.63, 3.8) is 0 Å². The van der Waals surface area contributed by atoms with Crippen molar-refractivity contribution in [3.8, 4) is 0 Å². The molecule has 0 bridgehead atoms. The fourth-order valence-electron chi connectivity index (χ4n) is 2.11. The lowest BCUT2D eigenvalue weighted by Gasteiger charge is -2.18. The quantitative estimate of drug-likeness (QED) is 0.877. The van der Waals surface area contributed by atoms with Crippen LogP contribution in [0.25, 0.3) is 0 Å². The molecular formula is C11H13BrClNO2S. The lowest BCUT2D eigenvalue weighted by molar-refractivity contribution is -0.139. The molecule has 1 aliphatic rings. The Balaban J connectivity index is 2.13. The SMILES string of the molecule is O=C(O)C(NC1CCCC1)c1cc(Br)c(Cl)s1. The van der Waals surface area contributed by atoms with Gasteiger partial charge in [-0.2, -0.15) is 0 Å². The average Bonchev–Trinajstić information content (AvgIpc) is 2.86. The molecule has 17 heavy (non-hydrogen) atoms. The van der Waals surface area contributed by atoms with Gasteiger partial charge < -0.3 is 5.11 Å². The molecule has 0 aliphatic heterocycles. The highest BCUT2D eigenvalue weighted by Crippen LogP contribution is 2.36. The van der Waals surface area contributed by atoms with Crippen molar-refractivity contribution in [2.75, 3.05) is 0 Å². The zero-order valence-electron chi connectivity index (χ0n) is 9.08. The summed E-state index contributed by atoms with van der Waals surface area (Å²) in [5, 5.41) is 12.5. The average molecular weight is 339 g/mol. The number of nitrogens with one attached hydrogen (secondary N) is 1. The molecule has 1 unspecified atom stereocenters. The van der Waals surface area contributed by atoms with Gasteiger partial charge in [0.05, 0.1) is 0 Å². The van der Waals surface area contributed by atoms with Crippen LogP contribution in [0.3, 0.4) is 0 Å². The molecule has 0 amide bonds. The van der Waals surface area contributed by atoms with Crippen molar-refractivity contribution in [1.29, 1.82) is 0 Å². The van der Waals surface area contributed by atoms with Gasteiger partial charge in [-0.1, -0.05) is 24.4 Å². The Kier molecular flexibility index (Phi) is 4.47. The normalized spacial score (nSPS) is 18.5. The molecule has 1 fully saturated rings. The fourth-order valence-corrected chi connectivity index (χ4v) is 3.90. The van der Waals surface area contributed by atoms with Crippen LogP contribution in [0.2, 0.25) is 4.34 Å². The van der Waals surface area contributed by atoms with E-state index in [4.69, 9.17) is 11.6 Å². The molecule has 0 saturated heterocycles. The maximum atomic E-state index is 11.3. The number of carboxylic acids is 1. The molecule has 1 saturated carbocycles. The van der Waals surface area contributed by atoms with Gasteiger partial charge in [-0.3, -0.25) is 10.1 Å². The van der Waals surface area contributed by atoms with E-state index in [2.05, 4.69) is 21.2 Å². The largest absolute Gasteiger partial charge is 0.480 e. The third kappa shape index (κ3) is 3.22. The van der Waals surface area contributed by atoms with Crippen LogP contribution in [0.1, 0.15) is 36.6 Å². The first-order valence-corrected chi connectivity index (χ1v) is 7.50. The van der Waals surface area contributed by atoms with Gasteiger partial charge in [0.1, 0.15) is 10.4 Å². The molecule has 2 N–H and O–H groups in total. The first-order valence-electron chi connectivity index (χ1n) is 5.51. The number of halogens is 2. The number of hydrogen-bond acceptors (Lipinski definition) is 3. The van der Waals surface area contributed by atoms with E-state index in [1.54, 1.807) is 6.07 Å². The molecule has 1 aliphatic carbocycles. The van der Waals surface area contributed by atoms with Gasteiger partial charge in [-0.05, 0) is 34.8 Å². The van der Waals surface area contributed by atoms with Gasteiger partial charge in [0.15, 0.2) is 0 Å². The number of hydrogen-bond donors (Lipinski definition) is 2. The summed E-state index contributed by atoms with van der Waals surface area (Å²) < 4.78 is 1.36. The van der Waals surface area contributed by atoms with Gasteiger partial charge in [-0.15, -0.1) is 11.3 Å². The molecule has 1 aromatic heterocycles. The van der Waals surface area contributed by atoms with E-state index in [-0.39, 0.29) is 0 Å². The number of carboxylic acid groups (broad SMARTS) is 1. The minimum atomic E-state index is -0.845. The van der Waals surface area contributed by atoms with Crippen LogP contribution >= 0.6 is 38.9 Å². The van der Waals surface area contributed by atoms with Crippen molar-refractivity contribution >= 4 is 44.8 Å². The molecule has 0 spiro atoms. The predicted octanol–water partition coefficient (Wildman–Crippen LogP) is 3.82. The lowest BCUT2D eigenvalue weighted by atomic mass is 10.2. The van der Waals surface area contributed by atoms with Crippen LogP contribution in [-0.2, 0) is 4.79 Å². The van der Waals surface area contributed by atoms with Crippen LogP contribution in [-0.4, -0.2) is 17.1 Å². The standard InChI is InChI=1S/C11H13BrClNO2S/c12-7-5-8(17-10(7)13)9(11(15)16)14-6-3-1-2-4-6/h5-6,9,14H,1-4H2,(H,15,16). The van der Waals surface area contributed by atoms with E-state index in [0.29, 0.717) is 10.4 Å². The predicted molar refractivity (Wildman–Crippen MR) is 72.8 cm³/mol. The first-order chi connectivity index (χ1) is 8.08. The maximum absolute atomic E-state index is 11.3. The molecule has 0 aromatic carbocycles. The number of rotatable bonds is 4. The summed E-state index contributed by atoms with van der Waals surface area (Å²) in [6.07, 6.45) is 4.48. The molecule has 0 radical (unpaired) electrons. The summed E-state index contributed by atoms with van der Waals surface area (Å²) in [5.41, 5.74) is 0. The molecule has 1 aromatic rings. The van der Waals surface area contributed by atoms with Crippen molar-refractivity contribution < 1.29 is 9.90 Å². The van der Waals surface area contributed by atoms with Crippen molar-refractivity contribution in [3.05, 3.63) is 19.8 Å². The Labute approximate surface area is 117 Å². The zero-order valence-corrected chi connectivity index (χ0v) is 12.2. The minimum absolute atomic E-state index is 0.316. The van der Waals surface area contributed by atoms with Gasteiger partial charge in [0, 0.05) is 15.4 Å². The molecule has 3 nitrogen and oxygen atoms in total. The summed E-state index contributed by atoms with van der Waals surface area (Å²) >= 11 is 10.6. The summed E-state index contributed by atoms with van der Waals surface area (Å²) in [6.45, 7) is 0. The van der Waals surface area contributed by atoms with Gasteiger partial charge in [0.2, 0.25) is 0 Å². The van der Waals surface area contributed by atoms with Gasteiger partial charge in [0.25, 0.3) is 0 Å².